The summed E-state index contributed by atoms with van der Waals surface area (Å²) >= 11 is 0. The Labute approximate surface area is 197 Å². The Balaban J connectivity index is 1.37. The van der Waals surface area contributed by atoms with E-state index in [-0.39, 0.29) is 6.61 Å². The Kier molecular flexibility index (Phi) is 7.15. The number of carbonyl (C=O) groups excluding carboxylic acids is 1. The fourth-order valence-corrected chi connectivity index (χ4v) is 3.50. The standard InChI is InChI=1S/C22H21F3N6O4/c23-22(24,25)21(34)26-7-1-2-13-3-5-14(6-4-13)9-27-19-18-20(29-11-28-19)31(12-30-18)17-8-15(33)16(10-32)35-17/h3-6,11-12,15-17,32-33H,7-10H2,(H,26,34)(H,27,28,29)/t15-,16-,17-/m1/s1. The highest BCUT2D eigenvalue weighted by atomic mass is 19.4. The molecule has 0 aliphatic carbocycles. The second-order valence-electron chi connectivity index (χ2n) is 7.69. The van der Waals surface area contributed by atoms with Gasteiger partial charge in [-0.1, -0.05) is 24.0 Å². The number of carbonyl (C=O) groups is 1. The smallest absolute Gasteiger partial charge is 0.394 e. The minimum Gasteiger partial charge on any atom is -0.394 e. The van der Waals surface area contributed by atoms with Gasteiger partial charge < -0.3 is 25.6 Å². The summed E-state index contributed by atoms with van der Waals surface area (Å²) in [7, 11) is 0. The molecule has 1 aliphatic rings. The van der Waals surface area contributed by atoms with Gasteiger partial charge in [0.05, 0.1) is 25.6 Å². The number of fused-ring (bicyclic) bond motifs is 1. The van der Waals surface area contributed by atoms with Gasteiger partial charge in [-0.15, -0.1) is 0 Å². The van der Waals surface area contributed by atoms with E-state index in [2.05, 4.69) is 32.1 Å². The number of hydrogen-bond acceptors (Lipinski definition) is 8. The molecular formula is C22H21F3N6O4. The van der Waals surface area contributed by atoms with Crippen LogP contribution in [0.3, 0.4) is 0 Å². The molecule has 1 amide bonds. The third-order valence-electron chi connectivity index (χ3n) is 5.29. The molecule has 0 radical (unpaired) electrons. The molecule has 1 fully saturated rings. The molecule has 1 aliphatic heterocycles. The van der Waals surface area contributed by atoms with Crippen LogP contribution >= 0.6 is 0 Å². The van der Waals surface area contributed by atoms with Crippen molar-refractivity contribution in [1.82, 2.24) is 24.8 Å². The number of aromatic nitrogens is 4. The Morgan fingerprint density at radius 1 is 1.23 bits per heavy atom. The Morgan fingerprint density at radius 3 is 2.69 bits per heavy atom. The van der Waals surface area contributed by atoms with Crippen molar-refractivity contribution in [3.63, 3.8) is 0 Å². The van der Waals surface area contributed by atoms with Crippen molar-refractivity contribution >= 4 is 22.9 Å². The predicted octanol–water partition coefficient (Wildman–Crippen LogP) is 1.11. The molecule has 3 heterocycles. The third-order valence-corrected chi connectivity index (χ3v) is 5.29. The number of amides is 1. The average molecular weight is 490 g/mol. The number of hydrogen-bond donors (Lipinski definition) is 4. The molecule has 3 atom stereocenters. The average Bonchev–Trinajstić information content (AvgIpc) is 3.43. The number of anilines is 1. The van der Waals surface area contributed by atoms with E-state index >= 15 is 0 Å². The van der Waals surface area contributed by atoms with E-state index in [0.717, 1.165) is 5.56 Å². The fraction of sp³-hybridized carbons (Fsp3) is 0.364. The molecule has 0 saturated carbocycles. The molecule has 0 spiro atoms. The van der Waals surface area contributed by atoms with Crippen LogP contribution in [0.1, 0.15) is 23.8 Å². The van der Waals surface area contributed by atoms with Gasteiger partial charge in [0, 0.05) is 18.5 Å². The topological polar surface area (TPSA) is 134 Å². The number of benzene rings is 1. The van der Waals surface area contributed by atoms with Crippen LogP contribution < -0.4 is 10.6 Å². The van der Waals surface area contributed by atoms with E-state index in [1.165, 1.54) is 6.33 Å². The van der Waals surface area contributed by atoms with Crippen molar-refractivity contribution in [1.29, 1.82) is 0 Å². The van der Waals surface area contributed by atoms with Crippen LogP contribution in [0.5, 0.6) is 0 Å². The molecule has 35 heavy (non-hydrogen) atoms. The van der Waals surface area contributed by atoms with Gasteiger partial charge in [-0.05, 0) is 17.7 Å². The zero-order chi connectivity index (χ0) is 25.0. The molecule has 13 heteroatoms. The van der Waals surface area contributed by atoms with Gasteiger partial charge >= 0.3 is 12.1 Å². The Bertz CT molecular complexity index is 1250. The lowest BCUT2D eigenvalue weighted by molar-refractivity contribution is -0.173. The molecule has 10 nitrogen and oxygen atoms in total. The number of rotatable bonds is 6. The maximum Gasteiger partial charge on any atom is 0.471 e. The summed E-state index contributed by atoms with van der Waals surface area (Å²) in [5.41, 5.74) is 2.50. The van der Waals surface area contributed by atoms with Gasteiger partial charge in [-0.25, -0.2) is 15.0 Å². The largest absolute Gasteiger partial charge is 0.471 e. The first-order chi connectivity index (χ1) is 16.8. The Hall–Kier alpha value is -3.73. The van der Waals surface area contributed by atoms with Gasteiger partial charge in [-0.3, -0.25) is 9.36 Å². The van der Waals surface area contributed by atoms with E-state index < -0.39 is 37.1 Å². The molecule has 4 N–H and O–H groups in total. The maximum atomic E-state index is 12.1. The van der Waals surface area contributed by atoms with Crippen molar-refractivity contribution in [2.45, 2.75) is 37.6 Å². The molecule has 1 saturated heterocycles. The summed E-state index contributed by atoms with van der Waals surface area (Å²) in [5, 5.41) is 24.2. The monoisotopic (exact) mass is 490 g/mol. The van der Waals surface area contributed by atoms with Crippen LogP contribution in [0.2, 0.25) is 0 Å². The van der Waals surface area contributed by atoms with Crippen molar-refractivity contribution in [3.8, 4) is 11.8 Å². The SMILES string of the molecule is O=C(NCC#Cc1ccc(CNc2ncnc3c2ncn3[C@H]2C[C@@H](O)[C@@H](CO)O2)cc1)C(F)(F)F. The van der Waals surface area contributed by atoms with Crippen LogP contribution in [-0.4, -0.2) is 67.2 Å². The van der Waals surface area contributed by atoms with E-state index in [4.69, 9.17) is 4.74 Å². The number of imidazole rings is 1. The fourth-order valence-electron chi connectivity index (χ4n) is 3.50. The minimum atomic E-state index is -4.93. The number of aliphatic hydroxyl groups excluding tert-OH is 2. The van der Waals surface area contributed by atoms with Crippen LogP contribution in [0.25, 0.3) is 11.2 Å². The number of ether oxygens (including phenoxy) is 1. The first-order valence-electron chi connectivity index (χ1n) is 10.5. The quantitative estimate of drug-likeness (QED) is 0.378. The van der Waals surface area contributed by atoms with E-state index in [9.17, 15) is 28.2 Å². The predicted molar refractivity (Wildman–Crippen MR) is 117 cm³/mol. The molecule has 0 bridgehead atoms. The lowest BCUT2D eigenvalue weighted by Crippen LogP contribution is -2.36. The molecular weight excluding hydrogens is 469 g/mol. The van der Waals surface area contributed by atoms with Crippen molar-refractivity contribution in [2.24, 2.45) is 0 Å². The zero-order valence-electron chi connectivity index (χ0n) is 18.2. The molecule has 184 valence electrons. The normalized spacial score (nSPS) is 19.9. The maximum absolute atomic E-state index is 12.1. The van der Waals surface area contributed by atoms with Gasteiger partial charge in [0.25, 0.3) is 0 Å². The highest BCUT2D eigenvalue weighted by Gasteiger charge is 2.38. The van der Waals surface area contributed by atoms with E-state index in [1.807, 2.05) is 0 Å². The number of nitrogens with one attached hydrogen (secondary N) is 2. The van der Waals surface area contributed by atoms with Gasteiger partial charge in [0.15, 0.2) is 17.0 Å². The summed E-state index contributed by atoms with van der Waals surface area (Å²) in [6.07, 6.45) is -3.66. The number of aliphatic hydroxyl groups is 2. The molecule has 2 aromatic heterocycles. The lowest BCUT2D eigenvalue weighted by Gasteiger charge is -2.13. The zero-order valence-corrected chi connectivity index (χ0v) is 18.2. The van der Waals surface area contributed by atoms with Crippen molar-refractivity contribution < 1.29 is 32.9 Å². The molecule has 4 rings (SSSR count). The molecule has 3 aromatic rings. The van der Waals surface area contributed by atoms with Gasteiger partial charge in [-0.2, -0.15) is 13.2 Å². The van der Waals surface area contributed by atoms with E-state index in [0.29, 0.717) is 35.5 Å². The first-order valence-corrected chi connectivity index (χ1v) is 10.5. The van der Waals surface area contributed by atoms with Crippen LogP contribution in [0.15, 0.2) is 36.9 Å². The number of halogens is 3. The molecule has 1 aromatic carbocycles. The second-order valence-corrected chi connectivity index (χ2v) is 7.69. The van der Waals surface area contributed by atoms with E-state index in [1.54, 1.807) is 40.5 Å². The summed E-state index contributed by atoms with van der Waals surface area (Å²) in [6, 6.07) is 7.01. The van der Waals surface area contributed by atoms with Crippen LogP contribution in [0, 0.1) is 11.8 Å². The molecule has 0 unspecified atom stereocenters. The lowest BCUT2D eigenvalue weighted by atomic mass is 10.1. The first kappa shape index (κ1) is 24.4. The second kappa shape index (κ2) is 10.3. The van der Waals surface area contributed by atoms with Crippen LogP contribution in [0.4, 0.5) is 19.0 Å². The minimum absolute atomic E-state index is 0.287. The summed E-state index contributed by atoms with van der Waals surface area (Å²) in [5.74, 6) is 3.62. The number of alkyl halides is 3. The van der Waals surface area contributed by atoms with Gasteiger partial charge in [0.2, 0.25) is 0 Å². The summed E-state index contributed by atoms with van der Waals surface area (Å²) in [4.78, 5) is 23.6. The van der Waals surface area contributed by atoms with Crippen LogP contribution in [-0.2, 0) is 16.1 Å². The number of nitrogens with zero attached hydrogens (tertiary/aromatic N) is 4. The third kappa shape index (κ3) is 5.68. The summed E-state index contributed by atoms with van der Waals surface area (Å²) < 4.78 is 43.8. The van der Waals surface area contributed by atoms with Gasteiger partial charge in [0.1, 0.15) is 18.7 Å². The highest BCUT2D eigenvalue weighted by molar-refractivity contribution is 5.83. The highest BCUT2D eigenvalue weighted by Crippen LogP contribution is 2.31. The summed E-state index contributed by atoms with van der Waals surface area (Å²) in [6.45, 7) is -0.297. The Morgan fingerprint density at radius 2 is 2.00 bits per heavy atom. The van der Waals surface area contributed by atoms with Crippen molar-refractivity contribution in [2.75, 3.05) is 18.5 Å². The van der Waals surface area contributed by atoms with Crippen molar-refractivity contribution in [3.05, 3.63) is 48.0 Å².